The Morgan fingerprint density at radius 1 is 1.50 bits per heavy atom. The minimum atomic E-state index is -0.835. The summed E-state index contributed by atoms with van der Waals surface area (Å²) >= 11 is 0. The van der Waals surface area contributed by atoms with E-state index in [0.29, 0.717) is 0 Å². The third kappa shape index (κ3) is 1.56. The SMILES string of the molecule is CCc1nc2ccccc2n1C(C)C(=O)O. The van der Waals surface area contributed by atoms with Crippen LogP contribution in [0.2, 0.25) is 0 Å². The first-order valence-corrected chi connectivity index (χ1v) is 5.33. The number of hydrogen-bond donors (Lipinski definition) is 1. The number of carboxylic acids is 1. The molecule has 0 saturated carbocycles. The molecule has 2 rings (SSSR count). The Kier molecular flexibility index (Phi) is 2.64. The number of carboxylic acid groups (broad SMARTS) is 1. The Labute approximate surface area is 93.5 Å². The molecule has 0 spiro atoms. The van der Waals surface area contributed by atoms with E-state index in [1.807, 2.05) is 31.2 Å². The fourth-order valence-corrected chi connectivity index (χ4v) is 1.89. The fourth-order valence-electron chi connectivity index (χ4n) is 1.89. The number of aryl methyl sites for hydroxylation is 1. The molecule has 0 aliphatic rings. The number of fused-ring (bicyclic) bond motifs is 1. The van der Waals surface area contributed by atoms with Gasteiger partial charge < -0.3 is 9.67 Å². The fraction of sp³-hybridized carbons (Fsp3) is 0.333. The van der Waals surface area contributed by atoms with Crippen molar-refractivity contribution >= 4 is 17.0 Å². The van der Waals surface area contributed by atoms with Gasteiger partial charge in [0.2, 0.25) is 0 Å². The van der Waals surface area contributed by atoms with E-state index in [4.69, 9.17) is 5.11 Å². The zero-order valence-corrected chi connectivity index (χ0v) is 9.34. The van der Waals surface area contributed by atoms with Gasteiger partial charge in [-0.3, -0.25) is 0 Å². The quantitative estimate of drug-likeness (QED) is 0.859. The highest BCUT2D eigenvalue weighted by molar-refractivity contribution is 5.80. The number of carbonyl (C=O) groups is 1. The normalized spacial score (nSPS) is 12.9. The van der Waals surface area contributed by atoms with Crippen LogP contribution >= 0.6 is 0 Å². The van der Waals surface area contributed by atoms with Gasteiger partial charge in [-0.1, -0.05) is 19.1 Å². The first-order chi connectivity index (χ1) is 7.65. The molecular weight excluding hydrogens is 204 g/mol. The molecular formula is C12H14N2O2. The van der Waals surface area contributed by atoms with Gasteiger partial charge in [0.25, 0.3) is 0 Å². The van der Waals surface area contributed by atoms with Gasteiger partial charge >= 0.3 is 5.97 Å². The predicted octanol–water partition coefficient (Wildman–Crippen LogP) is 2.24. The molecule has 0 radical (unpaired) electrons. The topological polar surface area (TPSA) is 55.1 Å². The molecule has 0 amide bonds. The maximum absolute atomic E-state index is 11.1. The second kappa shape index (κ2) is 3.96. The van der Waals surface area contributed by atoms with Crippen LogP contribution in [0.3, 0.4) is 0 Å². The number of benzene rings is 1. The van der Waals surface area contributed by atoms with Crippen molar-refractivity contribution in [3.05, 3.63) is 30.1 Å². The zero-order chi connectivity index (χ0) is 11.7. The summed E-state index contributed by atoms with van der Waals surface area (Å²) in [5.74, 6) is -0.0195. The summed E-state index contributed by atoms with van der Waals surface area (Å²) in [7, 11) is 0. The highest BCUT2D eigenvalue weighted by atomic mass is 16.4. The number of aliphatic carboxylic acids is 1. The average molecular weight is 218 g/mol. The molecule has 4 nitrogen and oxygen atoms in total. The Bertz CT molecular complexity index is 531. The Balaban J connectivity index is 2.69. The first kappa shape index (κ1) is 10.7. The molecule has 0 saturated heterocycles. The molecule has 4 heteroatoms. The van der Waals surface area contributed by atoms with E-state index in [1.54, 1.807) is 11.5 Å². The van der Waals surface area contributed by atoms with Crippen LogP contribution in [0, 0.1) is 0 Å². The smallest absolute Gasteiger partial charge is 0.326 e. The van der Waals surface area contributed by atoms with Gasteiger partial charge in [-0.15, -0.1) is 0 Å². The predicted molar refractivity (Wildman–Crippen MR) is 61.5 cm³/mol. The van der Waals surface area contributed by atoms with Crippen molar-refractivity contribution in [1.29, 1.82) is 0 Å². The van der Waals surface area contributed by atoms with Crippen molar-refractivity contribution < 1.29 is 9.90 Å². The Morgan fingerprint density at radius 2 is 2.19 bits per heavy atom. The van der Waals surface area contributed by atoms with Crippen molar-refractivity contribution in [1.82, 2.24) is 9.55 Å². The summed E-state index contributed by atoms with van der Waals surface area (Å²) in [6.07, 6.45) is 0.728. The van der Waals surface area contributed by atoms with E-state index in [2.05, 4.69) is 4.98 Å². The maximum atomic E-state index is 11.1. The third-order valence-electron chi connectivity index (χ3n) is 2.73. The molecule has 0 aliphatic carbocycles. The highest BCUT2D eigenvalue weighted by Gasteiger charge is 2.19. The van der Waals surface area contributed by atoms with Crippen molar-refractivity contribution in [2.24, 2.45) is 0 Å². The number of rotatable bonds is 3. The van der Waals surface area contributed by atoms with Gasteiger partial charge in [0, 0.05) is 6.42 Å². The molecule has 2 aromatic rings. The van der Waals surface area contributed by atoms with Crippen molar-refractivity contribution in [3.8, 4) is 0 Å². The lowest BCUT2D eigenvalue weighted by Gasteiger charge is -2.12. The first-order valence-electron chi connectivity index (χ1n) is 5.33. The van der Waals surface area contributed by atoms with Crippen LogP contribution in [0.4, 0.5) is 0 Å². The van der Waals surface area contributed by atoms with Gasteiger partial charge in [0.1, 0.15) is 11.9 Å². The molecule has 1 aromatic heterocycles. The summed E-state index contributed by atoms with van der Waals surface area (Å²) in [5, 5.41) is 9.08. The number of imidazole rings is 1. The Morgan fingerprint density at radius 3 is 2.81 bits per heavy atom. The van der Waals surface area contributed by atoms with E-state index in [9.17, 15) is 4.79 Å². The van der Waals surface area contributed by atoms with E-state index in [-0.39, 0.29) is 0 Å². The second-order valence-electron chi connectivity index (χ2n) is 3.75. The molecule has 84 valence electrons. The van der Waals surface area contributed by atoms with Gasteiger partial charge in [-0.25, -0.2) is 9.78 Å². The van der Waals surface area contributed by atoms with E-state index < -0.39 is 12.0 Å². The summed E-state index contributed by atoms with van der Waals surface area (Å²) in [4.78, 5) is 15.5. The lowest BCUT2D eigenvalue weighted by molar-refractivity contribution is -0.140. The minimum Gasteiger partial charge on any atom is -0.480 e. The van der Waals surface area contributed by atoms with Gasteiger partial charge in [-0.2, -0.15) is 0 Å². The molecule has 0 aliphatic heterocycles. The van der Waals surface area contributed by atoms with Crippen LogP contribution < -0.4 is 0 Å². The molecule has 1 aromatic carbocycles. The molecule has 16 heavy (non-hydrogen) atoms. The lowest BCUT2D eigenvalue weighted by atomic mass is 10.2. The molecule has 1 heterocycles. The van der Waals surface area contributed by atoms with Crippen LogP contribution in [-0.4, -0.2) is 20.6 Å². The highest BCUT2D eigenvalue weighted by Crippen LogP contribution is 2.21. The van der Waals surface area contributed by atoms with Crippen LogP contribution in [0.25, 0.3) is 11.0 Å². The summed E-state index contributed by atoms with van der Waals surface area (Å²) in [6, 6.07) is 7.03. The molecule has 1 unspecified atom stereocenters. The minimum absolute atomic E-state index is 0.581. The molecule has 1 N–H and O–H groups in total. The van der Waals surface area contributed by atoms with Crippen LogP contribution in [0.5, 0.6) is 0 Å². The van der Waals surface area contributed by atoms with Crippen LogP contribution in [0.1, 0.15) is 25.7 Å². The third-order valence-corrected chi connectivity index (χ3v) is 2.73. The average Bonchev–Trinajstić information content (AvgIpc) is 2.66. The zero-order valence-electron chi connectivity index (χ0n) is 9.34. The maximum Gasteiger partial charge on any atom is 0.326 e. The molecule has 1 atom stereocenters. The van der Waals surface area contributed by atoms with Gasteiger partial charge in [-0.05, 0) is 19.1 Å². The summed E-state index contributed by atoms with van der Waals surface area (Å²) in [6.45, 7) is 3.65. The second-order valence-corrected chi connectivity index (χ2v) is 3.75. The lowest BCUT2D eigenvalue weighted by Crippen LogP contribution is -2.17. The van der Waals surface area contributed by atoms with Crippen molar-refractivity contribution in [2.75, 3.05) is 0 Å². The molecule has 0 fully saturated rings. The summed E-state index contributed by atoms with van der Waals surface area (Å²) < 4.78 is 1.79. The number of hydrogen-bond acceptors (Lipinski definition) is 2. The standard InChI is InChI=1S/C12H14N2O2/c1-3-11-13-9-6-4-5-7-10(9)14(11)8(2)12(15)16/h4-8H,3H2,1-2H3,(H,15,16). The van der Waals surface area contributed by atoms with Crippen LogP contribution in [0.15, 0.2) is 24.3 Å². The van der Waals surface area contributed by atoms with Gasteiger partial charge in [0.15, 0.2) is 0 Å². The largest absolute Gasteiger partial charge is 0.480 e. The monoisotopic (exact) mass is 218 g/mol. The van der Waals surface area contributed by atoms with Crippen LogP contribution in [-0.2, 0) is 11.2 Å². The van der Waals surface area contributed by atoms with Crippen molar-refractivity contribution in [2.45, 2.75) is 26.3 Å². The van der Waals surface area contributed by atoms with E-state index in [1.165, 1.54) is 0 Å². The number of nitrogens with zero attached hydrogens (tertiary/aromatic N) is 2. The number of para-hydroxylation sites is 2. The summed E-state index contributed by atoms with van der Waals surface area (Å²) in [5.41, 5.74) is 1.74. The molecule has 0 bridgehead atoms. The number of aromatic nitrogens is 2. The van der Waals surface area contributed by atoms with E-state index in [0.717, 1.165) is 23.3 Å². The van der Waals surface area contributed by atoms with Crippen molar-refractivity contribution in [3.63, 3.8) is 0 Å². The van der Waals surface area contributed by atoms with E-state index >= 15 is 0 Å². The Hall–Kier alpha value is -1.84. The van der Waals surface area contributed by atoms with Gasteiger partial charge in [0.05, 0.1) is 11.0 Å².